The molecule has 8 heteroatoms. The minimum Gasteiger partial charge on any atom is -0.298 e. The van der Waals surface area contributed by atoms with Gasteiger partial charge in [0.1, 0.15) is 0 Å². The van der Waals surface area contributed by atoms with Crippen molar-refractivity contribution >= 4 is 10.2 Å². The Morgan fingerprint density at radius 2 is 1.59 bits per heavy atom. The Morgan fingerprint density at radius 3 is 2.31 bits per heavy atom. The maximum absolute atomic E-state index is 12.8. The van der Waals surface area contributed by atoms with Crippen LogP contribution in [0.3, 0.4) is 0 Å². The average molecular weight is 416 g/mol. The lowest BCUT2D eigenvalue weighted by Crippen LogP contribution is -2.44. The van der Waals surface area contributed by atoms with Crippen LogP contribution in [0.4, 0.5) is 0 Å². The summed E-state index contributed by atoms with van der Waals surface area (Å²) in [6, 6.07) is 8.18. The molecule has 4 rings (SSSR count). The van der Waals surface area contributed by atoms with E-state index in [2.05, 4.69) is 33.9 Å². The van der Waals surface area contributed by atoms with Crippen molar-refractivity contribution in [2.24, 2.45) is 0 Å². The van der Waals surface area contributed by atoms with E-state index in [4.69, 9.17) is 0 Å². The zero-order valence-electron chi connectivity index (χ0n) is 17.0. The topological polar surface area (TPSA) is 69.6 Å². The summed E-state index contributed by atoms with van der Waals surface area (Å²) in [6.07, 6.45) is 6.55. The van der Waals surface area contributed by atoms with Gasteiger partial charge in [-0.15, -0.1) is 0 Å². The van der Waals surface area contributed by atoms with Crippen LogP contribution in [0, 0.1) is 6.92 Å². The standard InChI is InChI=1S/C21H29N5O2S/c1-18-6-4-7-20(14-18)21-22-15-19(16-23-21)17-24-8-5-11-26(13-12-24)29(27,28)25-9-2-3-10-25/h4,6-7,14-16H,2-3,5,8-13,17H2,1H3. The van der Waals surface area contributed by atoms with Crippen molar-refractivity contribution in [1.29, 1.82) is 0 Å². The normalized spacial score (nSPS) is 20.0. The minimum atomic E-state index is -3.31. The van der Waals surface area contributed by atoms with Crippen LogP contribution in [0.1, 0.15) is 30.4 Å². The maximum Gasteiger partial charge on any atom is 0.282 e. The van der Waals surface area contributed by atoms with Gasteiger partial charge in [-0.1, -0.05) is 23.8 Å². The fourth-order valence-corrected chi connectivity index (χ4v) is 5.76. The predicted molar refractivity (Wildman–Crippen MR) is 113 cm³/mol. The van der Waals surface area contributed by atoms with Crippen LogP contribution in [0.15, 0.2) is 36.7 Å². The molecule has 0 radical (unpaired) electrons. The van der Waals surface area contributed by atoms with Gasteiger partial charge < -0.3 is 0 Å². The van der Waals surface area contributed by atoms with E-state index in [-0.39, 0.29) is 0 Å². The monoisotopic (exact) mass is 415 g/mol. The molecule has 2 aliphatic rings. The number of nitrogens with zero attached hydrogens (tertiary/aromatic N) is 5. The van der Waals surface area contributed by atoms with Gasteiger partial charge in [0, 0.05) is 62.8 Å². The summed E-state index contributed by atoms with van der Waals surface area (Å²) in [5.74, 6) is 0.733. The molecule has 0 spiro atoms. The summed E-state index contributed by atoms with van der Waals surface area (Å²) >= 11 is 0. The van der Waals surface area contributed by atoms with Gasteiger partial charge >= 0.3 is 0 Å². The first-order chi connectivity index (χ1) is 14.0. The van der Waals surface area contributed by atoms with Gasteiger partial charge in [-0.2, -0.15) is 17.0 Å². The summed E-state index contributed by atoms with van der Waals surface area (Å²) in [7, 11) is -3.31. The number of aryl methyl sites for hydroxylation is 1. The van der Waals surface area contributed by atoms with Gasteiger partial charge in [0.15, 0.2) is 5.82 Å². The molecule has 0 aliphatic carbocycles. The lowest BCUT2D eigenvalue weighted by Gasteiger charge is -2.26. The van der Waals surface area contributed by atoms with Crippen molar-refractivity contribution < 1.29 is 8.42 Å². The first-order valence-corrected chi connectivity index (χ1v) is 11.8. The van der Waals surface area contributed by atoms with Gasteiger partial charge in [0.05, 0.1) is 0 Å². The quantitative estimate of drug-likeness (QED) is 0.750. The lowest BCUT2D eigenvalue weighted by atomic mass is 10.1. The highest BCUT2D eigenvalue weighted by Crippen LogP contribution is 2.19. The van der Waals surface area contributed by atoms with Crippen LogP contribution >= 0.6 is 0 Å². The van der Waals surface area contributed by atoms with E-state index in [1.807, 2.05) is 24.5 Å². The molecular weight excluding hydrogens is 386 g/mol. The molecule has 0 atom stereocenters. The smallest absolute Gasteiger partial charge is 0.282 e. The maximum atomic E-state index is 12.8. The van der Waals surface area contributed by atoms with E-state index in [0.29, 0.717) is 26.2 Å². The molecule has 2 fully saturated rings. The summed E-state index contributed by atoms with van der Waals surface area (Å²) in [6.45, 7) is 6.87. The summed E-state index contributed by atoms with van der Waals surface area (Å²) in [5.41, 5.74) is 3.26. The Bertz CT molecular complexity index is 926. The third-order valence-electron chi connectivity index (χ3n) is 5.65. The Balaban J connectivity index is 1.36. The fourth-order valence-electron chi connectivity index (χ4n) is 4.05. The van der Waals surface area contributed by atoms with Crippen LogP contribution in [0.5, 0.6) is 0 Å². The number of hydrogen-bond donors (Lipinski definition) is 0. The second-order valence-corrected chi connectivity index (χ2v) is 9.86. The third-order valence-corrected chi connectivity index (χ3v) is 7.69. The fraction of sp³-hybridized carbons (Fsp3) is 0.524. The van der Waals surface area contributed by atoms with Crippen LogP contribution in [-0.2, 0) is 16.8 Å². The molecule has 2 aromatic rings. The molecule has 3 heterocycles. The largest absolute Gasteiger partial charge is 0.298 e. The third kappa shape index (κ3) is 4.83. The van der Waals surface area contributed by atoms with Crippen LogP contribution in [-0.4, -0.2) is 71.2 Å². The molecule has 2 aliphatic heterocycles. The van der Waals surface area contributed by atoms with E-state index in [1.165, 1.54) is 5.56 Å². The van der Waals surface area contributed by atoms with E-state index in [9.17, 15) is 8.42 Å². The van der Waals surface area contributed by atoms with Crippen molar-refractivity contribution in [2.45, 2.75) is 32.7 Å². The predicted octanol–water partition coefficient (Wildman–Crippen LogP) is 2.30. The molecule has 2 saturated heterocycles. The van der Waals surface area contributed by atoms with Crippen LogP contribution < -0.4 is 0 Å². The van der Waals surface area contributed by atoms with E-state index >= 15 is 0 Å². The van der Waals surface area contributed by atoms with Crippen molar-refractivity contribution in [2.75, 3.05) is 39.3 Å². The molecule has 0 bridgehead atoms. The molecule has 1 aromatic carbocycles. The van der Waals surface area contributed by atoms with Gasteiger partial charge in [-0.05, 0) is 38.8 Å². The molecular formula is C21H29N5O2S. The van der Waals surface area contributed by atoms with Crippen molar-refractivity contribution in [3.8, 4) is 11.4 Å². The van der Waals surface area contributed by atoms with Crippen molar-refractivity contribution in [1.82, 2.24) is 23.5 Å². The number of aromatic nitrogens is 2. The van der Waals surface area contributed by atoms with Gasteiger partial charge in [0.25, 0.3) is 10.2 Å². The van der Waals surface area contributed by atoms with Crippen LogP contribution in [0.2, 0.25) is 0 Å². The number of rotatable bonds is 5. The number of hydrogen-bond acceptors (Lipinski definition) is 5. The SMILES string of the molecule is Cc1cccc(-c2ncc(CN3CCCN(S(=O)(=O)N4CCCC4)CC3)cn2)c1. The summed E-state index contributed by atoms with van der Waals surface area (Å²) in [4.78, 5) is 11.4. The highest BCUT2D eigenvalue weighted by atomic mass is 32.2. The van der Waals surface area contributed by atoms with Gasteiger partial charge in [-0.3, -0.25) is 4.90 Å². The Morgan fingerprint density at radius 1 is 0.897 bits per heavy atom. The lowest BCUT2D eigenvalue weighted by molar-refractivity contribution is 0.276. The summed E-state index contributed by atoms with van der Waals surface area (Å²) < 4.78 is 28.9. The second kappa shape index (κ2) is 8.87. The first-order valence-electron chi connectivity index (χ1n) is 10.4. The Hall–Kier alpha value is -1.87. The van der Waals surface area contributed by atoms with Crippen molar-refractivity contribution in [3.63, 3.8) is 0 Å². The highest BCUT2D eigenvalue weighted by Gasteiger charge is 2.32. The number of benzene rings is 1. The Kier molecular flexibility index (Phi) is 6.24. The molecule has 29 heavy (non-hydrogen) atoms. The molecule has 1 aromatic heterocycles. The van der Waals surface area contributed by atoms with Gasteiger partial charge in [0.2, 0.25) is 0 Å². The van der Waals surface area contributed by atoms with Crippen LogP contribution in [0.25, 0.3) is 11.4 Å². The zero-order chi connectivity index (χ0) is 20.3. The zero-order valence-corrected chi connectivity index (χ0v) is 17.8. The first kappa shape index (κ1) is 20.4. The molecule has 0 saturated carbocycles. The van der Waals surface area contributed by atoms with E-state index in [1.54, 1.807) is 8.61 Å². The highest BCUT2D eigenvalue weighted by molar-refractivity contribution is 7.86. The van der Waals surface area contributed by atoms with E-state index < -0.39 is 10.2 Å². The molecule has 7 nitrogen and oxygen atoms in total. The summed E-state index contributed by atoms with van der Waals surface area (Å²) in [5, 5.41) is 0. The molecule has 0 amide bonds. The molecule has 0 N–H and O–H groups in total. The molecule has 0 unspecified atom stereocenters. The molecule has 156 valence electrons. The second-order valence-electron chi connectivity index (χ2n) is 7.93. The van der Waals surface area contributed by atoms with E-state index in [0.717, 1.165) is 55.8 Å². The Labute approximate surface area is 173 Å². The van der Waals surface area contributed by atoms with Crippen molar-refractivity contribution in [3.05, 3.63) is 47.8 Å². The van der Waals surface area contributed by atoms with Gasteiger partial charge in [-0.25, -0.2) is 9.97 Å². The minimum absolute atomic E-state index is 0.543. The average Bonchev–Trinajstić information content (AvgIpc) is 3.17.